The van der Waals surface area contributed by atoms with Crippen molar-refractivity contribution in [3.05, 3.63) is 17.7 Å². The Morgan fingerprint density at radius 1 is 1.19 bits per heavy atom. The molecule has 118 valence electrons. The minimum Gasteiger partial charge on any atom is -0.373 e. The van der Waals surface area contributed by atoms with Gasteiger partial charge in [0.25, 0.3) is 0 Å². The van der Waals surface area contributed by atoms with Gasteiger partial charge in [0, 0.05) is 12.6 Å². The Balaban J connectivity index is 2.82. The Morgan fingerprint density at radius 3 is 2.24 bits per heavy atom. The van der Waals surface area contributed by atoms with Crippen LogP contribution in [0.15, 0.2) is 12.1 Å². The third-order valence-electron chi connectivity index (χ3n) is 2.35. The maximum Gasteiger partial charge on any atom is 0.416 e. The average Bonchev–Trinajstić information content (AvgIpc) is 2.33. The van der Waals surface area contributed by atoms with Gasteiger partial charge in [-0.2, -0.15) is 13.2 Å². The number of rotatable bonds is 4. The minimum absolute atomic E-state index is 0.0155. The normalized spacial score (nSPS) is 12.0. The lowest BCUT2D eigenvalue weighted by Gasteiger charge is -2.20. The Bertz CT molecular complexity index is 509. The lowest BCUT2D eigenvalue weighted by atomic mass is 10.1. The van der Waals surface area contributed by atoms with Crippen LogP contribution in [-0.4, -0.2) is 30.0 Å². The Kier molecular flexibility index (Phi) is 5.03. The molecule has 0 bridgehead atoms. The van der Waals surface area contributed by atoms with E-state index < -0.39 is 17.3 Å². The van der Waals surface area contributed by atoms with Crippen molar-refractivity contribution in [1.29, 1.82) is 0 Å². The Morgan fingerprint density at radius 2 is 1.76 bits per heavy atom. The molecule has 1 rings (SSSR count). The van der Waals surface area contributed by atoms with Crippen LogP contribution in [0.2, 0.25) is 0 Å². The summed E-state index contributed by atoms with van der Waals surface area (Å²) in [6, 6.07) is 1.77. The topological polar surface area (TPSA) is 66.0 Å². The summed E-state index contributed by atoms with van der Waals surface area (Å²) in [6.45, 7) is 5.28. The zero-order valence-electron chi connectivity index (χ0n) is 12.4. The molecule has 1 amide bonds. The number of pyridine rings is 1. The largest absolute Gasteiger partial charge is 0.416 e. The maximum atomic E-state index is 12.7. The van der Waals surface area contributed by atoms with Crippen LogP contribution in [0.25, 0.3) is 0 Å². The zero-order chi connectivity index (χ0) is 16.3. The molecule has 0 saturated heterocycles. The highest BCUT2D eigenvalue weighted by Crippen LogP contribution is 2.31. The van der Waals surface area contributed by atoms with E-state index in [2.05, 4.69) is 20.9 Å². The first-order valence-electron chi connectivity index (χ1n) is 6.33. The predicted molar refractivity (Wildman–Crippen MR) is 75.2 cm³/mol. The van der Waals surface area contributed by atoms with E-state index in [0.29, 0.717) is 0 Å². The van der Waals surface area contributed by atoms with Crippen molar-refractivity contribution in [3.8, 4) is 0 Å². The van der Waals surface area contributed by atoms with Crippen LogP contribution in [0.5, 0.6) is 0 Å². The fourth-order valence-electron chi connectivity index (χ4n) is 1.55. The molecule has 0 atom stereocenters. The lowest BCUT2D eigenvalue weighted by molar-refractivity contribution is -0.137. The van der Waals surface area contributed by atoms with Crippen LogP contribution in [0.3, 0.4) is 0 Å². The highest BCUT2D eigenvalue weighted by molar-refractivity contribution is 5.81. The molecule has 0 spiro atoms. The second-order valence-corrected chi connectivity index (χ2v) is 5.53. The molecule has 8 heteroatoms. The van der Waals surface area contributed by atoms with Gasteiger partial charge in [0.15, 0.2) is 0 Å². The fraction of sp³-hybridized carbons (Fsp3) is 0.538. The van der Waals surface area contributed by atoms with Gasteiger partial charge in [0.05, 0.1) is 12.1 Å². The number of carbonyl (C=O) groups is 1. The van der Waals surface area contributed by atoms with Crippen LogP contribution in [0.1, 0.15) is 26.3 Å². The molecule has 0 aliphatic rings. The number of carbonyl (C=O) groups excluding carboxylic acids is 1. The molecular formula is C13H19F3N4O. The SMILES string of the molecule is CNc1cc(C(F)(F)F)cc(NCC(=O)NC(C)(C)C)n1. The molecule has 0 fully saturated rings. The monoisotopic (exact) mass is 304 g/mol. The smallest absolute Gasteiger partial charge is 0.373 e. The van der Waals surface area contributed by atoms with Gasteiger partial charge in [0.2, 0.25) is 5.91 Å². The molecule has 0 saturated carbocycles. The van der Waals surface area contributed by atoms with Crippen molar-refractivity contribution in [1.82, 2.24) is 10.3 Å². The van der Waals surface area contributed by atoms with E-state index in [1.54, 1.807) is 0 Å². The maximum absolute atomic E-state index is 12.7. The highest BCUT2D eigenvalue weighted by Gasteiger charge is 2.31. The second kappa shape index (κ2) is 6.19. The van der Waals surface area contributed by atoms with Gasteiger partial charge in [-0.1, -0.05) is 0 Å². The van der Waals surface area contributed by atoms with Gasteiger partial charge >= 0.3 is 6.18 Å². The van der Waals surface area contributed by atoms with Crippen LogP contribution in [0, 0.1) is 0 Å². The van der Waals surface area contributed by atoms with Crippen molar-refractivity contribution in [2.45, 2.75) is 32.5 Å². The van der Waals surface area contributed by atoms with Gasteiger partial charge < -0.3 is 16.0 Å². The van der Waals surface area contributed by atoms with E-state index in [9.17, 15) is 18.0 Å². The summed E-state index contributed by atoms with van der Waals surface area (Å²) in [5, 5.41) is 7.84. The second-order valence-electron chi connectivity index (χ2n) is 5.53. The molecule has 3 N–H and O–H groups in total. The summed E-state index contributed by atoms with van der Waals surface area (Å²) in [5.41, 5.74) is -1.24. The molecular weight excluding hydrogens is 285 g/mol. The number of halogens is 3. The molecule has 0 unspecified atom stereocenters. The van der Waals surface area contributed by atoms with E-state index in [-0.39, 0.29) is 24.1 Å². The minimum atomic E-state index is -4.47. The van der Waals surface area contributed by atoms with Gasteiger partial charge in [0.1, 0.15) is 11.6 Å². The molecule has 1 aromatic heterocycles. The van der Waals surface area contributed by atoms with Crippen LogP contribution < -0.4 is 16.0 Å². The number of amides is 1. The number of hydrogen-bond donors (Lipinski definition) is 3. The summed E-state index contributed by atoms with van der Waals surface area (Å²) in [6.07, 6.45) is -4.47. The van der Waals surface area contributed by atoms with E-state index in [1.807, 2.05) is 20.8 Å². The first-order chi connectivity index (χ1) is 9.51. The van der Waals surface area contributed by atoms with Gasteiger partial charge in [-0.3, -0.25) is 4.79 Å². The fourth-order valence-corrected chi connectivity index (χ4v) is 1.55. The van der Waals surface area contributed by atoms with Crippen LogP contribution in [-0.2, 0) is 11.0 Å². The summed E-state index contributed by atoms with van der Waals surface area (Å²) in [4.78, 5) is 15.6. The average molecular weight is 304 g/mol. The molecule has 21 heavy (non-hydrogen) atoms. The first kappa shape index (κ1) is 17.1. The number of nitrogens with zero attached hydrogens (tertiary/aromatic N) is 1. The van der Waals surface area contributed by atoms with Crippen molar-refractivity contribution in [2.24, 2.45) is 0 Å². The lowest BCUT2D eigenvalue weighted by Crippen LogP contribution is -2.43. The summed E-state index contributed by atoms with van der Waals surface area (Å²) >= 11 is 0. The van der Waals surface area contributed by atoms with Crippen molar-refractivity contribution >= 4 is 17.5 Å². The number of nitrogens with one attached hydrogen (secondary N) is 3. The van der Waals surface area contributed by atoms with Gasteiger partial charge in [-0.25, -0.2) is 4.98 Å². The van der Waals surface area contributed by atoms with E-state index in [0.717, 1.165) is 12.1 Å². The van der Waals surface area contributed by atoms with Gasteiger partial charge in [-0.15, -0.1) is 0 Å². The Labute approximate surface area is 121 Å². The van der Waals surface area contributed by atoms with Crippen molar-refractivity contribution in [2.75, 3.05) is 24.2 Å². The predicted octanol–water partition coefficient (Wildman–Crippen LogP) is 2.47. The molecule has 0 aromatic carbocycles. The van der Waals surface area contributed by atoms with Gasteiger partial charge in [-0.05, 0) is 32.9 Å². The quantitative estimate of drug-likeness (QED) is 0.799. The molecule has 0 aliphatic heterocycles. The highest BCUT2D eigenvalue weighted by atomic mass is 19.4. The van der Waals surface area contributed by atoms with Crippen molar-refractivity contribution < 1.29 is 18.0 Å². The molecule has 0 radical (unpaired) electrons. The summed E-state index contributed by atoms with van der Waals surface area (Å²) < 4.78 is 38.2. The number of aromatic nitrogens is 1. The standard InChI is InChI=1S/C13H19F3N4O/c1-12(2,3)20-11(21)7-18-10-6-8(13(14,15)16)5-9(17-4)19-10/h5-6H,7H2,1-4H3,(H,20,21)(H2,17,18,19). The third-order valence-corrected chi connectivity index (χ3v) is 2.35. The van der Waals surface area contributed by atoms with E-state index >= 15 is 0 Å². The molecule has 1 aromatic rings. The van der Waals surface area contributed by atoms with Crippen molar-refractivity contribution in [3.63, 3.8) is 0 Å². The van der Waals surface area contributed by atoms with E-state index in [4.69, 9.17) is 0 Å². The Hall–Kier alpha value is -1.99. The molecule has 5 nitrogen and oxygen atoms in total. The van der Waals surface area contributed by atoms with Crippen LogP contribution >= 0.6 is 0 Å². The van der Waals surface area contributed by atoms with E-state index in [1.165, 1.54) is 7.05 Å². The summed E-state index contributed by atoms with van der Waals surface area (Å²) in [5.74, 6) is -0.269. The first-order valence-corrected chi connectivity index (χ1v) is 6.33. The molecule has 0 aliphatic carbocycles. The number of anilines is 2. The third kappa shape index (κ3) is 5.88. The number of alkyl halides is 3. The number of hydrogen-bond acceptors (Lipinski definition) is 4. The molecule has 1 heterocycles. The van der Waals surface area contributed by atoms with Crippen LogP contribution in [0.4, 0.5) is 24.8 Å². The summed E-state index contributed by atoms with van der Waals surface area (Å²) in [7, 11) is 1.47. The zero-order valence-corrected chi connectivity index (χ0v) is 12.4.